The van der Waals surface area contributed by atoms with Gasteiger partial charge in [0.05, 0.1) is 0 Å². The van der Waals surface area contributed by atoms with E-state index >= 15 is 0 Å². The second kappa shape index (κ2) is 5.71. The minimum absolute atomic E-state index is 0.0484. The number of nitrogens with zero attached hydrogens (tertiary/aromatic N) is 1. The van der Waals surface area contributed by atoms with Crippen LogP contribution in [0.3, 0.4) is 0 Å². The number of carbonyl (C=O) groups excluding carboxylic acids is 1. The molecule has 0 spiro atoms. The minimum atomic E-state index is -4.45. The van der Waals surface area contributed by atoms with Crippen LogP contribution in [0.25, 0.3) is 0 Å². The molecule has 0 bridgehead atoms. The molecule has 7 heteroatoms. The van der Waals surface area contributed by atoms with Gasteiger partial charge in [-0.1, -0.05) is 6.92 Å². The van der Waals surface area contributed by atoms with Crippen molar-refractivity contribution in [3.63, 3.8) is 0 Å². The van der Waals surface area contributed by atoms with Crippen molar-refractivity contribution in [3.8, 4) is 0 Å². The van der Waals surface area contributed by atoms with Gasteiger partial charge >= 0.3 is 6.18 Å². The molecule has 1 saturated heterocycles. The minimum Gasteiger partial charge on any atom is -0.456 e. The Balaban J connectivity index is 2.28. The summed E-state index contributed by atoms with van der Waals surface area (Å²) in [4.78, 5) is 13.2. The van der Waals surface area contributed by atoms with Crippen LogP contribution in [0.15, 0.2) is 10.5 Å². The SMILES string of the molecule is CCc1oc(C(=O)N2C[C@H](N)CC[C@H]2C(F)(F)F)cc1C. The molecule has 118 valence electrons. The van der Waals surface area contributed by atoms with Crippen LogP contribution in [0.2, 0.25) is 0 Å². The summed E-state index contributed by atoms with van der Waals surface area (Å²) >= 11 is 0. The lowest BCUT2D eigenvalue weighted by Gasteiger charge is -2.38. The van der Waals surface area contributed by atoms with Gasteiger partial charge in [-0.25, -0.2) is 0 Å². The van der Waals surface area contributed by atoms with Crippen LogP contribution >= 0.6 is 0 Å². The Hall–Kier alpha value is -1.50. The van der Waals surface area contributed by atoms with Gasteiger partial charge in [-0.05, 0) is 31.4 Å². The number of hydrogen-bond acceptors (Lipinski definition) is 3. The number of halogens is 3. The van der Waals surface area contributed by atoms with Crippen molar-refractivity contribution >= 4 is 5.91 Å². The number of amides is 1. The molecule has 0 unspecified atom stereocenters. The zero-order valence-electron chi connectivity index (χ0n) is 12.0. The summed E-state index contributed by atoms with van der Waals surface area (Å²) in [5.74, 6) is -0.175. The summed E-state index contributed by atoms with van der Waals surface area (Å²) < 4.78 is 44.6. The third-order valence-corrected chi connectivity index (χ3v) is 3.81. The van der Waals surface area contributed by atoms with Crippen molar-refractivity contribution in [2.24, 2.45) is 5.73 Å². The third kappa shape index (κ3) is 3.23. The maximum Gasteiger partial charge on any atom is 0.408 e. The summed E-state index contributed by atoms with van der Waals surface area (Å²) in [7, 11) is 0. The fraction of sp³-hybridized carbons (Fsp3) is 0.643. The summed E-state index contributed by atoms with van der Waals surface area (Å²) in [5, 5.41) is 0. The number of hydrogen-bond donors (Lipinski definition) is 1. The van der Waals surface area contributed by atoms with E-state index in [2.05, 4.69) is 0 Å². The number of alkyl halides is 3. The quantitative estimate of drug-likeness (QED) is 0.913. The molecule has 21 heavy (non-hydrogen) atoms. The molecular weight excluding hydrogens is 285 g/mol. The predicted octanol–water partition coefficient (Wildman–Crippen LogP) is 2.64. The molecule has 1 aromatic rings. The summed E-state index contributed by atoms with van der Waals surface area (Å²) in [6, 6.07) is -0.733. The van der Waals surface area contributed by atoms with Gasteiger partial charge in [0.25, 0.3) is 5.91 Å². The van der Waals surface area contributed by atoms with E-state index in [1.165, 1.54) is 6.07 Å². The van der Waals surface area contributed by atoms with Crippen LogP contribution < -0.4 is 5.73 Å². The van der Waals surface area contributed by atoms with Crippen molar-refractivity contribution in [2.75, 3.05) is 6.54 Å². The van der Waals surface area contributed by atoms with Crippen molar-refractivity contribution < 1.29 is 22.4 Å². The lowest BCUT2D eigenvalue weighted by molar-refractivity contribution is -0.184. The Morgan fingerprint density at radius 3 is 2.67 bits per heavy atom. The molecule has 0 aromatic carbocycles. The summed E-state index contributed by atoms with van der Waals surface area (Å²) in [6.45, 7) is 3.52. The van der Waals surface area contributed by atoms with E-state index in [-0.39, 0.29) is 25.1 Å². The first kappa shape index (κ1) is 15.9. The Morgan fingerprint density at radius 1 is 1.48 bits per heavy atom. The van der Waals surface area contributed by atoms with E-state index < -0.39 is 24.2 Å². The molecular formula is C14H19F3N2O2. The van der Waals surface area contributed by atoms with E-state index in [0.717, 1.165) is 10.5 Å². The van der Waals surface area contributed by atoms with Gasteiger partial charge in [-0.3, -0.25) is 4.79 Å². The van der Waals surface area contributed by atoms with E-state index in [0.29, 0.717) is 12.2 Å². The number of aryl methyl sites for hydroxylation is 2. The molecule has 2 atom stereocenters. The Kier molecular flexibility index (Phi) is 4.32. The van der Waals surface area contributed by atoms with Gasteiger partial charge in [0.1, 0.15) is 11.8 Å². The van der Waals surface area contributed by atoms with E-state index in [1.54, 1.807) is 6.92 Å². The van der Waals surface area contributed by atoms with E-state index in [9.17, 15) is 18.0 Å². The maximum absolute atomic E-state index is 13.1. The predicted molar refractivity (Wildman–Crippen MR) is 70.9 cm³/mol. The smallest absolute Gasteiger partial charge is 0.408 e. The Labute approximate surface area is 121 Å². The molecule has 1 fully saturated rings. The number of likely N-dealkylation sites (tertiary alicyclic amines) is 1. The molecule has 2 N–H and O–H groups in total. The van der Waals surface area contributed by atoms with Gasteiger partial charge in [0, 0.05) is 19.0 Å². The molecule has 4 nitrogen and oxygen atoms in total. The van der Waals surface area contributed by atoms with Crippen molar-refractivity contribution in [3.05, 3.63) is 23.2 Å². The van der Waals surface area contributed by atoms with E-state index in [4.69, 9.17) is 10.2 Å². The molecule has 2 rings (SSSR count). The lowest BCUT2D eigenvalue weighted by atomic mass is 9.98. The fourth-order valence-electron chi connectivity index (χ4n) is 2.68. The van der Waals surface area contributed by atoms with Crippen molar-refractivity contribution in [1.82, 2.24) is 4.90 Å². The monoisotopic (exact) mass is 304 g/mol. The average molecular weight is 304 g/mol. The maximum atomic E-state index is 13.1. The number of carbonyl (C=O) groups is 1. The van der Waals surface area contributed by atoms with Crippen molar-refractivity contribution in [2.45, 2.75) is 51.4 Å². The lowest BCUT2D eigenvalue weighted by Crippen LogP contribution is -2.56. The third-order valence-electron chi connectivity index (χ3n) is 3.81. The molecule has 0 aliphatic carbocycles. The largest absolute Gasteiger partial charge is 0.456 e. The average Bonchev–Trinajstić information content (AvgIpc) is 2.77. The summed E-state index contributed by atoms with van der Waals surface area (Å²) in [6.07, 6.45) is -3.78. The van der Waals surface area contributed by atoms with Gasteiger partial charge < -0.3 is 15.1 Å². The van der Waals surface area contributed by atoms with Gasteiger partial charge in [-0.15, -0.1) is 0 Å². The molecule has 0 saturated carbocycles. The second-order valence-corrected chi connectivity index (χ2v) is 5.42. The molecule has 1 amide bonds. The normalized spacial score (nSPS) is 23.4. The molecule has 1 aliphatic heterocycles. The first-order chi connectivity index (χ1) is 9.74. The fourth-order valence-corrected chi connectivity index (χ4v) is 2.68. The highest BCUT2D eigenvalue weighted by molar-refractivity contribution is 5.92. The highest BCUT2D eigenvalue weighted by Crippen LogP contribution is 2.33. The van der Waals surface area contributed by atoms with Crippen LogP contribution in [-0.2, 0) is 6.42 Å². The standard InChI is InChI=1S/C14H19F3N2O2/c1-3-10-8(2)6-11(21-10)13(20)19-7-9(18)4-5-12(19)14(15,16)17/h6,9,12H,3-5,7,18H2,1-2H3/t9-,12+/m1/s1. The van der Waals surface area contributed by atoms with Crippen LogP contribution in [0, 0.1) is 6.92 Å². The van der Waals surface area contributed by atoms with Gasteiger partial charge in [-0.2, -0.15) is 13.2 Å². The summed E-state index contributed by atoms with van der Waals surface area (Å²) in [5.41, 5.74) is 6.49. The topological polar surface area (TPSA) is 59.5 Å². The molecule has 1 aliphatic rings. The molecule has 0 radical (unpaired) electrons. The highest BCUT2D eigenvalue weighted by atomic mass is 19.4. The van der Waals surface area contributed by atoms with Gasteiger partial charge in [0.2, 0.25) is 0 Å². The highest BCUT2D eigenvalue weighted by Gasteiger charge is 2.48. The molecule has 1 aromatic heterocycles. The van der Waals surface area contributed by atoms with Crippen LogP contribution in [-0.4, -0.2) is 35.6 Å². The second-order valence-electron chi connectivity index (χ2n) is 5.42. The van der Waals surface area contributed by atoms with Crippen LogP contribution in [0.4, 0.5) is 13.2 Å². The van der Waals surface area contributed by atoms with Crippen LogP contribution in [0.1, 0.15) is 41.6 Å². The zero-order valence-corrected chi connectivity index (χ0v) is 12.0. The zero-order chi connectivity index (χ0) is 15.8. The first-order valence-electron chi connectivity index (χ1n) is 6.96. The number of furan rings is 1. The van der Waals surface area contributed by atoms with Gasteiger partial charge in [0.15, 0.2) is 5.76 Å². The van der Waals surface area contributed by atoms with Crippen molar-refractivity contribution in [1.29, 1.82) is 0 Å². The molecule has 2 heterocycles. The Bertz CT molecular complexity index is 525. The Morgan fingerprint density at radius 2 is 2.14 bits per heavy atom. The number of nitrogens with two attached hydrogens (primary N) is 1. The number of piperidine rings is 1. The first-order valence-corrected chi connectivity index (χ1v) is 6.96. The van der Waals surface area contributed by atoms with E-state index in [1.807, 2.05) is 6.92 Å². The van der Waals surface area contributed by atoms with Crippen LogP contribution in [0.5, 0.6) is 0 Å². The number of rotatable bonds is 2.